The van der Waals surface area contributed by atoms with Crippen LogP contribution in [0, 0.1) is 40.9 Å². The first kappa shape index (κ1) is 21.7. The lowest BCUT2D eigenvalue weighted by Crippen LogP contribution is -2.48. The lowest BCUT2D eigenvalue weighted by atomic mass is 9.50. The number of halogens is 1. The third-order valence-corrected chi connectivity index (χ3v) is 11.8. The largest absolute Gasteiger partial charge is 0.229 e. The predicted molar refractivity (Wildman–Crippen MR) is 123 cm³/mol. The Hall–Kier alpha value is -1.16. The van der Waals surface area contributed by atoms with Gasteiger partial charge in [0.2, 0.25) is 15.3 Å². The minimum Gasteiger partial charge on any atom is -0.229 e. The lowest BCUT2D eigenvalue weighted by molar-refractivity contribution is -0.0513. The minimum absolute atomic E-state index is 0.126. The van der Waals surface area contributed by atoms with E-state index in [0.29, 0.717) is 17.3 Å². The van der Waals surface area contributed by atoms with Crippen LogP contribution in [-0.4, -0.2) is 13.9 Å². The SMILES string of the molecule is C/C=C1/CCC2C3CCC4CC(C(F)S(=O)(=O)c5ccccc5)CCC4C3CCC12C. The van der Waals surface area contributed by atoms with Crippen LogP contribution in [0.2, 0.25) is 0 Å². The van der Waals surface area contributed by atoms with Gasteiger partial charge in [-0.1, -0.05) is 36.8 Å². The summed E-state index contributed by atoms with van der Waals surface area (Å²) in [6.45, 7) is 4.73. The second kappa shape index (κ2) is 8.01. The maximum Gasteiger partial charge on any atom is 0.210 e. The summed E-state index contributed by atoms with van der Waals surface area (Å²) in [6, 6.07) is 8.18. The van der Waals surface area contributed by atoms with Crippen molar-refractivity contribution in [2.45, 2.75) is 82.0 Å². The first-order valence-corrected chi connectivity index (χ1v) is 14.0. The van der Waals surface area contributed by atoms with E-state index in [2.05, 4.69) is 19.9 Å². The zero-order valence-electron chi connectivity index (χ0n) is 19.0. The monoisotopic (exact) mass is 444 g/mol. The molecule has 8 atom stereocenters. The summed E-state index contributed by atoms with van der Waals surface area (Å²) in [5.74, 6) is 3.26. The zero-order chi connectivity index (χ0) is 21.8. The van der Waals surface area contributed by atoms with Crippen molar-refractivity contribution >= 4 is 9.84 Å². The molecule has 4 aliphatic carbocycles. The Morgan fingerprint density at radius 2 is 1.74 bits per heavy atom. The molecule has 0 aliphatic heterocycles. The van der Waals surface area contributed by atoms with Crippen molar-refractivity contribution in [3.05, 3.63) is 42.0 Å². The summed E-state index contributed by atoms with van der Waals surface area (Å²) >= 11 is 0. The second-order valence-electron chi connectivity index (χ2n) is 11.0. The van der Waals surface area contributed by atoms with Gasteiger partial charge in [0, 0.05) is 5.92 Å². The molecule has 0 aromatic heterocycles. The summed E-state index contributed by atoms with van der Waals surface area (Å²) in [6.07, 6.45) is 12.5. The molecule has 2 nitrogen and oxygen atoms in total. The van der Waals surface area contributed by atoms with Crippen LogP contribution < -0.4 is 0 Å². The Morgan fingerprint density at radius 3 is 2.48 bits per heavy atom. The average Bonchev–Trinajstić information content (AvgIpc) is 3.14. The lowest BCUT2D eigenvalue weighted by Gasteiger charge is -2.55. The Labute approximate surface area is 187 Å². The third-order valence-electron chi connectivity index (χ3n) is 9.93. The van der Waals surface area contributed by atoms with E-state index in [9.17, 15) is 8.42 Å². The van der Waals surface area contributed by atoms with Crippen molar-refractivity contribution in [2.75, 3.05) is 0 Å². The summed E-state index contributed by atoms with van der Waals surface area (Å²) in [7, 11) is -3.90. The van der Waals surface area contributed by atoms with Gasteiger partial charge in [0.15, 0.2) is 0 Å². The highest BCUT2D eigenvalue weighted by Crippen LogP contribution is 2.64. The normalized spacial score (nSPS) is 42.5. The van der Waals surface area contributed by atoms with Gasteiger partial charge in [-0.2, -0.15) is 0 Å². The molecule has 0 saturated heterocycles. The van der Waals surface area contributed by atoms with Gasteiger partial charge < -0.3 is 0 Å². The van der Waals surface area contributed by atoms with Gasteiger partial charge in [0.05, 0.1) is 4.90 Å². The number of rotatable bonds is 3. The van der Waals surface area contributed by atoms with Crippen LogP contribution in [0.3, 0.4) is 0 Å². The van der Waals surface area contributed by atoms with Crippen LogP contribution in [0.1, 0.15) is 71.6 Å². The molecule has 0 spiro atoms. The fraction of sp³-hybridized carbons (Fsp3) is 0.704. The topological polar surface area (TPSA) is 34.1 Å². The molecule has 0 radical (unpaired) electrons. The van der Waals surface area contributed by atoms with Crippen molar-refractivity contribution in [1.29, 1.82) is 0 Å². The van der Waals surface area contributed by atoms with Crippen LogP contribution in [0.4, 0.5) is 4.39 Å². The number of fused-ring (bicyclic) bond motifs is 5. The summed E-state index contributed by atoms with van der Waals surface area (Å²) < 4.78 is 41.1. The molecule has 4 saturated carbocycles. The van der Waals surface area contributed by atoms with Gasteiger partial charge in [0.25, 0.3) is 0 Å². The van der Waals surface area contributed by atoms with Gasteiger partial charge in [0.1, 0.15) is 0 Å². The van der Waals surface area contributed by atoms with Crippen LogP contribution in [0.25, 0.3) is 0 Å². The number of allylic oxidation sites excluding steroid dienone is 2. The number of benzene rings is 1. The molecular formula is C27H37FO2S. The van der Waals surface area contributed by atoms with Crippen molar-refractivity contribution in [1.82, 2.24) is 0 Å². The Balaban J connectivity index is 1.30. The molecule has 0 N–H and O–H groups in total. The van der Waals surface area contributed by atoms with Gasteiger partial charge in [-0.3, -0.25) is 0 Å². The van der Waals surface area contributed by atoms with E-state index in [4.69, 9.17) is 0 Å². The minimum atomic E-state index is -3.90. The van der Waals surface area contributed by atoms with E-state index in [1.54, 1.807) is 23.8 Å². The van der Waals surface area contributed by atoms with Crippen molar-refractivity contribution < 1.29 is 12.8 Å². The molecular weight excluding hydrogens is 407 g/mol. The summed E-state index contributed by atoms with van der Waals surface area (Å²) in [4.78, 5) is 0.126. The number of hydrogen-bond donors (Lipinski definition) is 0. The van der Waals surface area contributed by atoms with Gasteiger partial charge in [-0.15, -0.1) is 0 Å². The molecule has 0 bridgehead atoms. The maximum atomic E-state index is 15.4. The molecule has 31 heavy (non-hydrogen) atoms. The van der Waals surface area contributed by atoms with Crippen LogP contribution in [0.15, 0.2) is 46.9 Å². The van der Waals surface area contributed by atoms with Gasteiger partial charge in [-0.05, 0) is 112 Å². The van der Waals surface area contributed by atoms with E-state index < -0.39 is 15.3 Å². The highest BCUT2D eigenvalue weighted by atomic mass is 32.2. The average molecular weight is 445 g/mol. The number of alkyl halides is 1. The van der Waals surface area contributed by atoms with Gasteiger partial charge >= 0.3 is 0 Å². The molecule has 0 heterocycles. The van der Waals surface area contributed by atoms with Crippen LogP contribution in [-0.2, 0) is 9.84 Å². The smallest absolute Gasteiger partial charge is 0.210 e. The van der Waals surface area contributed by atoms with E-state index >= 15 is 4.39 Å². The fourth-order valence-electron chi connectivity index (χ4n) is 8.44. The highest BCUT2D eigenvalue weighted by Gasteiger charge is 2.55. The molecule has 4 fully saturated rings. The number of hydrogen-bond acceptors (Lipinski definition) is 2. The van der Waals surface area contributed by atoms with Crippen LogP contribution in [0.5, 0.6) is 0 Å². The molecule has 5 rings (SSSR count). The Morgan fingerprint density at radius 1 is 1.00 bits per heavy atom. The fourth-order valence-corrected chi connectivity index (χ4v) is 9.99. The van der Waals surface area contributed by atoms with Crippen LogP contribution >= 0.6 is 0 Å². The predicted octanol–water partition coefficient (Wildman–Crippen LogP) is 6.97. The van der Waals surface area contributed by atoms with Crippen molar-refractivity contribution in [3.63, 3.8) is 0 Å². The summed E-state index contributed by atoms with van der Waals surface area (Å²) in [5.41, 5.74) is 0.330. The van der Waals surface area contributed by atoms with Crippen molar-refractivity contribution in [3.8, 4) is 0 Å². The quantitative estimate of drug-likeness (QED) is 0.472. The second-order valence-corrected chi connectivity index (χ2v) is 13.0. The molecule has 0 amide bonds. The van der Waals surface area contributed by atoms with E-state index in [1.165, 1.54) is 44.2 Å². The molecule has 170 valence electrons. The molecule has 4 aliphatic rings. The zero-order valence-corrected chi connectivity index (χ0v) is 19.8. The first-order valence-electron chi connectivity index (χ1n) is 12.4. The first-order chi connectivity index (χ1) is 14.9. The molecule has 1 aromatic carbocycles. The Bertz CT molecular complexity index is 939. The highest BCUT2D eigenvalue weighted by molar-refractivity contribution is 7.91. The molecule has 1 aromatic rings. The Kier molecular flexibility index (Phi) is 5.60. The summed E-state index contributed by atoms with van der Waals surface area (Å²) in [5, 5.41) is 0. The maximum absolute atomic E-state index is 15.4. The van der Waals surface area contributed by atoms with Gasteiger partial charge in [-0.25, -0.2) is 12.8 Å². The molecule has 8 unspecified atom stereocenters. The standard InChI is InChI=1S/C27H37FO2S/c1-3-20-11-14-25-24-13-9-18-17-19(10-12-22(18)23(24)15-16-27(20,25)2)26(28)31(29,30)21-7-5-4-6-8-21/h3-8,18-19,22-26H,9-17H2,1-2H3/b20-3-. The third kappa shape index (κ3) is 3.43. The number of sulfone groups is 1. The van der Waals surface area contributed by atoms with E-state index in [0.717, 1.165) is 43.4 Å². The molecule has 4 heteroatoms. The van der Waals surface area contributed by atoms with E-state index in [1.807, 2.05) is 0 Å². The van der Waals surface area contributed by atoms with E-state index in [-0.39, 0.29) is 10.8 Å². The van der Waals surface area contributed by atoms with Crippen molar-refractivity contribution in [2.24, 2.45) is 40.9 Å².